The van der Waals surface area contributed by atoms with Gasteiger partial charge in [0, 0.05) is 31.1 Å². The van der Waals surface area contributed by atoms with Gasteiger partial charge in [0.05, 0.1) is 4.90 Å². The van der Waals surface area contributed by atoms with Crippen LogP contribution in [0.1, 0.15) is 12.5 Å². The standard InChI is InChI=1S/C13H20N2O2S2/c1-2-14-11-12-5-3-4-6-13(12)19(16,17)15-7-9-18-10-8-15/h3-6,14H,2,7-11H2,1H3. The molecule has 0 atom stereocenters. The summed E-state index contributed by atoms with van der Waals surface area (Å²) in [6, 6.07) is 7.27. The van der Waals surface area contributed by atoms with Gasteiger partial charge in [0.2, 0.25) is 10.0 Å². The van der Waals surface area contributed by atoms with Crippen molar-refractivity contribution in [2.75, 3.05) is 31.1 Å². The number of thioether (sulfide) groups is 1. The van der Waals surface area contributed by atoms with Crippen LogP contribution in [-0.2, 0) is 16.6 Å². The Kier molecular flexibility index (Phi) is 5.27. The minimum absolute atomic E-state index is 0.447. The van der Waals surface area contributed by atoms with Gasteiger partial charge in [0.25, 0.3) is 0 Å². The van der Waals surface area contributed by atoms with Crippen molar-refractivity contribution >= 4 is 21.8 Å². The number of nitrogens with zero attached hydrogens (tertiary/aromatic N) is 1. The van der Waals surface area contributed by atoms with Gasteiger partial charge in [-0.1, -0.05) is 25.1 Å². The number of hydrogen-bond acceptors (Lipinski definition) is 4. The highest BCUT2D eigenvalue weighted by atomic mass is 32.2. The molecular weight excluding hydrogens is 280 g/mol. The molecule has 106 valence electrons. The summed E-state index contributed by atoms with van der Waals surface area (Å²) < 4.78 is 26.9. The Hall–Kier alpha value is -0.560. The van der Waals surface area contributed by atoms with Crippen LogP contribution in [0.3, 0.4) is 0 Å². The largest absolute Gasteiger partial charge is 0.313 e. The molecule has 1 fully saturated rings. The first-order valence-electron chi connectivity index (χ1n) is 6.52. The molecule has 1 aromatic carbocycles. The third-order valence-corrected chi connectivity index (χ3v) is 6.07. The highest BCUT2D eigenvalue weighted by Crippen LogP contribution is 2.23. The molecule has 19 heavy (non-hydrogen) atoms. The summed E-state index contributed by atoms with van der Waals surface area (Å²) >= 11 is 1.81. The van der Waals surface area contributed by atoms with E-state index in [2.05, 4.69) is 5.32 Å². The van der Waals surface area contributed by atoms with Crippen LogP contribution in [0.15, 0.2) is 29.2 Å². The summed E-state index contributed by atoms with van der Waals surface area (Å²) in [6.07, 6.45) is 0. The van der Waals surface area contributed by atoms with E-state index in [1.165, 1.54) is 0 Å². The third-order valence-electron chi connectivity index (χ3n) is 3.13. The van der Waals surface area contributed by atoms with Crippen molar-refractivity contribution in [2.24, 2.45) is 0 Å². The predicted octanol–water partition coefficient (Wildman–Crippen LogP) is 1.53. The number of benzene rings is 1. The van der Waals surface area contributed by atoms with Crippen molar-refractivity contribution < 1.29 is 8.42 Å². The van der Waals surface area contributed by atoms with Crippen LogP contribution in [0.5, 0.6) is 0 Å². The summed E-state index contributed by atoms with van der Waals surface area (Å²) in [5.41, 5.74) is 0.850. The molecule has 0 aliphatic carbocycles. The van der Waals surface area contributed by atoms with E-state index in [1.807, 2.05) is 30.8 Å². The highest BCUT2D eigenvalue weighted by Gasteiger charge is 2.27. The number of hydrogen-bond donors (Lipinski definition) is 1. The Balaban J connectivity index is 2.28. The lowest BCUT2D eigenvalue weighted by atomic mass is 10.2. The molecule has 0 spiro atoms. The molecule has 2 rings (SSSR count). The molecule has 0 saturated carbocycles. The Bertz CT molecular complexity index is 511. The molecule has 1 N–H and O–H groups in total. The quantitative estimate of drug-likeness (QED) is 0.896. The maximum Gasteiger partial charge on any atom is 0.243 e. The maximum atomic E-state index is 12.7. The molecule has 0 bridgehead atoms. The molecule has 1 aliphatic heterocycles. The molecule has 1 heterocycles. The minimum atomic E-state index is -3.34. The summed E-state index contributed by atoms with van der Waals surface area (Å²) in [5, 5.41) is 3.19. The SMILES string of the molecule is CCNCc1ccccc1S(=O)(=O)N1CCSCC1. The van der Waals surface area contributed by atoms with Gasteiger partial charge in [-0.15, -0.1) is 0 Å². The van der Waals surface area contributed by atoms with E-state index in [9.17, 15) is 8.42 Å². The minimum Gasteiger partial charge on any atom is -0.313 e. The van der Waals surface area contributed by atoms with Crippen molar-refractivity contribution in [3.8, 4) is 0 Å². The predicted molar refractivity (Wildman–Crippen MR) is 79.9 cm³/mol. The fourth-order valence-electron chi connectivity index (χ4n) is 2.09. The first kappa shape index (κ1) is 14.8. The maximum absolute atomic E-state index is 12.7. The van der Waals surface area contributed by atoms with Gasteiger partial charge in [-0.05, 0) is 18.2 Å². The molecule has 1 aliphatic rings. The molecule has 0 amide bonds. The summed E-state index contributed by atoms with van der Waals surface area (Å²) in [4.78, 5) is 0.447. The lowest BCUT2D eigenvalue weighted by Crippen LogP contribution is -2.38. The van der Waals surface area contributed by atoms with E-state index in [4.69, 9.17) is 0 Å². The van der Waals surface area contributed by atoms with Crippen LogP contribution in [0.4, 0.5) is 0 Å². The zero-order valence-corrected chi connectivity index (χ0v) is 12.8. The van der Waals surface area contributed by atoms with E-state index in [1.54, 1.807) is 16.4 Å². The average molecular weight is 300 g/mol. The van der Waals surface area contributed by atoms with E-state index >= 15 is 0 Å². The second kappa shape index (κ2) is 6.74. The van der Waals surface area contributed by atoms with Crippen molar-refractivity contribution in [3.05, 3.63) is 29.8 Å². The van der Waals surface area contributed by atoms with Gasteiger partial charge in [-0.25, -0.2) is 8.42 Å². The Morgan fingerprint density at radius 1 is 1.26 bits per heavy atom. The van der Waals surface area contributed by atoms with Gasteiger partial charge in [0.1, 0.15) is 0 Å². The fourth-order valence-corrected chi connectivity index (χ4v) is 4.89. The molecule has 1 aromatic rings. The smallest absolute Gasteiger partial charge is 0.243 e. The van der Waals surface area contributed by atoms with E-state index in [-0.39, 0.29) is 0 Å². The number of nitrogens with one attached hydrogen (secondary N) is 1. The van der Waals surface area contributed by atoms with Crippen LogP contribution in [0, 0.1) is 0 Å². The monoisotopic (exact) mass is 300 g/mol. The van der Waals surface area contributed by atoms with Crippen molar-refractivity contribution in [1.82, 2.24) is 9.62 Å². The van der Waals surface area contributed by atoms with E-state index < -0.39 is 10.0 Å². The van der Waals surface area contributed by atoms with Gasteiger partial charge in [-0.3, -0.25) is 0 Å². The van der Waals surface area contributed by atoms with Gasteiger partial charge < -0.3 is 5.32 Å². The van der Waals surface area contributed by atoms with Crippen molar-refractivity contribution in [1.29, 1.82) is 0 Å². The fraction of sp³-hybridized carbons (Fsp3) is 0.538. The zero-order valence-electron chi connectivity index (χ0n) is 11.1. The van der Waals surface area contributed by atoms with Crippen LogP contribution in [-0.4, -0.2) is 43.9 Å². The molecule has 0 radical (unpaired) electrons. The average Bonchev–Trinajstić information content (AvgIpc) is 2.46. The summed E-state index contributed by atoms with van der Waals surface area (Å²) in [6.45, 7) is 4.66. The normalized spacial score (nSPS) is 17.5. The Morgan fingerprint density at radius 2 is 1.95 bits per heavy atom. The highest BCUT2D eigenvalue weighted by molar-refractivity contribution is 7.99. The lowest BCUT2D eigenvalue weighted by Gasteiger charge is -2.26. The van der Waals surface area contributed by atoms with E-state index in [0.717, 1.165) is 23.6 Å². The van der Waals surface area contributed by atoms with Crippen molar-refractivity contribution in [3.63, 3.8) is 0 Å². The zero-order chi connectivity index (χ0) is 13.7. The van der Waals surface area contributed by atoms with Crippen molar-refractivity contribution in [2.45, 2.75) is 18.4 Å². The molecule has 1 saturated heterocycles. The first-order valence-corrected chi connectivity index (χ1v) is 9.12. The molecule has 6 heteroatoms. The lowest BCUT2D eigenvalue weighted by molar-refractivity contribution is 0.442. The van der Waals surface area contributed by atoms with Crippen LogP contribution >= 0.6 is 11.8 Å². The molecule has 0 aromatic heterocycles. The van der Waals surface area contributed by atoms with E-state index in [0.29, 0.717) is 24.5 Å². The molecular formula is C13H20N2O2S2. The second-order valence-corrected chi connectivity index (χ2v) is 7.54. The van der Waals surface area contributed by atoms with Gasteiger partial charge >= 0.3 is 0 Å². The second-order valence-electron chi connectivity index (χ2n) is 4.40. The Morgan fingerprint density at radius 3 is 2.63 bits per heavy atom. The first-order chi connectivity index (χ1) is 9.16. The van der Waals surface area contributed by atoms with Crippen LogP contribution in [0.25, 0.3) is 0 Å². The molecule has 4 nitrogen and oxygen atoms in total. The summed E-state index contributed by atoms with van der Waals surface area (Å²) in [5.74, 6) is 1.77. The topological polar surface area (TPSA) is 49.4 Å². The van der Waals surface area contributed by atoms with Crippen LogP contribution < -0.4 is 5.32 Å². The Labute approximate surface area is 119 Å². The summed E-state index contributed by atoms with van der Waals surface area (Å²) in [7, 11) is -3.34. The third kappa shape index (κ3) is 3.51. The number of sulfonamides is 1. The number of rotatable bonds is 5. The van der Waals surface area contributed by atoms with Gasteiger partial charge in [0.15, 0.2) is 0 Å². The molecule has 0 unspecified atom stereocenters. The van der Waals surface area contributed by atoms with Gasteiger partial charge in [-0.2, -0.15) is 16.1 Å². The van der Waals surface area contributed by atoms with Crippen LogP contribution in [0.2, 0.25) is 0 Å².